The van der Waals surface area contributed by atoms with Gasteiger partial charge in [0.2, 0.25) is 0 Å². The van der Waals surface area contributed by atoms with E-state index in [2.05, 4.69) is 17.4 Å². The maximum absolute atomic E-state index is 5.27. The minimum atomic E-state index is 0.497. The molecule has 2 aliphatic rings. The lowest BCUT2D eigenvalue weighted by Gasteiger charge is -2.20. The SMILES string of the molecule is Cc1noc(C)c1[C@@H](C)CNC(C1CC1)C1CC1. The molecule has 100 valence electrons. The zero-order chi connectivity index (χ0) is 12.7. The summed E-state index contributed by atoms with van der Waals surface area (Å²) in [7, 11) is 0. The van der Waals surface area contributed by atoms with Gasteiger partial charge >= 0.3 is 0 Å². The fourth-order valence-electron chi connectivity index (χ4n) is 3.24. The number of aromatic nitrogens is 1. The first-order chi connectivity index (χ1) is 8.66. The Balaban J connectivity index is 1.58. The average molecular weight is 248 g/mol. The summed E-state index contributed by atoms with van der Waals surface area (Å²) >= 11 is 0. The van der Waals surface area contributed by atoms with Gasteiger partial charge in [0, 0.05) is 18.2 Å². The van der Waals surface area contributed by atoms with Crippen molar-refractivity contribution in [1.29, 1.82) is 0 Å². The lowest BCUT2D eigenvalue weighted by Crippen LogP contribution is -2.35. The van der Waals surface area contributed by atoms with Crippen LogP contribution in [0.25, 0.3) is 0 Å². The normalized spacial score (nSPS) is 21.6. The Morgan fingerprint density at radius 2 is 1.83 bits per heavy atom. The summed E-state index contributed by atoms with van der Waals surface area (Å²) in [5, 5.41) is 7.87. The van der Waals surface area contributed by atoms with Crippen LogP contribution < -0.4 is 5.32 Å². The van der Waals surface area contributed by atoms with E-state index >= 15 is 0 Å². The Morgan fingerprint density at radius 1 is 1.22 bits per heavy atom. The summed E-state index contributed by atoms with van der Waals surface area (Å²) < 4.78 is 5.27. The molecule has 1 aromatic heterocycles. The Labute approximate surface area is 109 Å². The van der Waals surface area contributed by atoms with E-state index in [4.69, 9.17) is 4.52 Å². The highest BCUT2D eigenvalue weighted by molar-refractivity contribution is 5.25. The Bertz CT molecular complexity index is 387. The van der Waals surface area contributed by atoms with Crippen LogP contribution in [0.15, 0.2) is 4.52 Å². The van der Waals surface area contributed by atoms with Crippen molar-refractivity contribution in [3.8, 4) is 0 Å². The standard InChI is InChI=1S/C15H24N2O/c1-9(14-10(2)17-18-11(14)3)8-16-15(12-4-5-12)13-6-7-13/h9,12-13,15-16H,4-8H2,1-3H3/t9-/m0/s1. The van der Waals surface area contributed by atoms with Crippen molar-refractivity contribution in [2.75, 3.05) is 6.54 Å². The van der Waals surface area contributed by atoms with Gasteiger partial charge in [0.25, 0.3) is 0 Å². The van der Waals surface area contributed by atoms with Gasteiger partial charge in [-0.05, 0) is 57.3 Å². The molecule has 0 aromatic carbocycles. The number of hydrogen-bond acceptors (Lipinski definition) is 3. The van der Waals surface area contributed by atoms with Crippen molar-refractivity contribution < 1.29 is 4.52 Å². The third-order valence-electron chi connectivity index (χ3n) is 4.50. The van der Waals surface area contributed by atoms with Gasteiger partial charge in [0.15, 0.2) is 0 Å². The van der Waals surface area contributed by atoms with Crippen molar-refractivity contribution in [3.05, 3.63) is 17.0 Å². The number of rotatable bonds is 6. The lowest BCUT2D eigenvalue weighted by molar-refractivity contribution is 0.388. The molecule has 18 heavy (non-hydrogen) atoms. The fraction of sp³-hybridized carbons (Fsp3) is 0.800. The number of aryl methyl sites for hydroxylation is 2. The molecule has 1 atom stereocenters. The van der Waals surface area contributed by atoms with Gasteiger partial charge in [-0.15, -0.1) is 0 Å². The molecule has 2 fully saturated rings. The zero-order valence-corrected chi connectivity index (χ0v) is 11.7. The predicted octanol–water partition coefficient (Wildman–Crippen LogP) is 3.17. The molecule has 0 amide bonds. The number of nitrogens with zero attached hydrogens (tertiary/aromatic N) is 1. The smallest absolute Gasteiger partial charge is 0.137 e. The Morgan fingerprint density at radius 3 is 2.28 bits per heavy atom. The van der Waals surface area contributed by atoms with Crippen molar-refractivity contribution in [2.24, 2.45) is 11.8 Å². The quantitative estimate of drug-likeness (QED) is 0.840. The van der Waals surface area contributed by atoms with Crippen molar-refractivity contribution in [3.63, 3.8) is 0 Å². The summed E-state index contributed by atoms with van der Waals surface area (Å²) in [6.07, 6.45) is 5.75. The molecule has 3 rings (SSSR count). The second-order valence-electron chi connectivity index (χ2n) is 6.25. The van der Waals surface area contributed by atoms with Crippen molar-refractivity contribution in [1.82, 2.24) is 10.5 Å². The first-order valence-electron chi connectivity index (χ1n) is 7.33. The molecule has 0 spiro atoms. The minimum absolute atomic E-state index is 0.497. The lowest BCUT2D eigenvalue weighted by atomic mass is 9.98. The third-order valence-corrected chi connectivity index (χ3v) is 4.50. The van der Waals surface area contributed by atoms with Crippen LogP contribution in [0.2, 0.25) is 0 Å². The highest BCUT2D eigenvalue weighted by Crippen LogP contribution is 2.44. The van der Waals surface area contributed by atoms with Crippen LogP contribution in [0.3, 0.4) is 0 Å². The van der Waals surface area contributed by atoms with Crippen LogP contribution in [0, 0.1) is 25.7 Å². The summed E-state index contributed by atoms with van der Waals surface area (Å²) in [5.74, 6) is 3.41. The minimum Gasteiger partial charge on any atom is -0.361 e. The van der Waals surface area contributed by atoms with Crippen LogP contribution in [0.4, 0.5) is 0 Å². The molecule has 0 unspecified atom stereocenters. The van der Waals surface area contributed by atoms with Gasteiger partial charge in [-0.2, -0.15) is 0 Å². The van der Waals surface area contributed by atoms with Crippen LogP contribution >= 0.6 is 0 Å². The molecular weight excluding hydrogens is 224 g/mol. The van der Waals surface area contributed by atoms with Gasteiger partial charge < -0.3 is 9.84 Å². The topological polar surface area (TPSA) is 38.1 Å². The zero-order valence-electron chi connectivity index (χ0n) is 11.7. The van der Waals surface area contributed by atoms with Crippen LogP contribution in [-0.2, 0) is 0 Å². The summed E-state index contributed by atoms with van der Waals surface area (Å²) in [5.41, 5.74) is 2.35. The van der Waals surface area contributed by atoms with E-state index in [0.29, 0.717) is 5.92 Å². The fourth-order valence-corrected chi connectivity index (χ4v) is 3.24. The summed E-state index contributed by atoms with van der Waals surface area (Å²) in [4.78, 5) is 0. The summed E-state index contributed by atoms with van der Waals surface area (Å²) in [6, 6.07) is 0.785. The molecule has 3 nitrogen and oxygen atoms in total. The first-order valence-corrected chi connectivity index (χ1v) is 7.33. The molecule has 1 N–H and O–H groups in total. The third kappa shape index (κ3) is 2.46. The van der Waals surface area contributed by atoms with Crippen molar-refractivity contribution in [2.45, 2.75) is 58.4 Å². The average Bonchev–Trinajstić information content (AvgIpc) is 3.21. The van der Waals surface area contributed by atoms with Gasteiger partial charge in [-0.25, -0.2) is 0 Å². The second-order valence-corrected chi connectivity index (χ2v) is 6.25. The van der Waals surface area contributed by atoms with E-state index in [1.54, 1.807) is 0 Å². The monoisotopic (exact) mass is 248 g/mol. The molecule has 2 saturated carbocycles. The van der Waals surface area contributed by atoms with Crippen molar-refractivity contribution >= 4 is 0 Å². The first kappa shape index (κ1) is 12.2. The van der Waals surface area contributed by atoms with Crippen LogP contribution in [0.1, 0.15) is 55.5 Å². The maximum atomic E-state index is 5.27. The second kappa shape index (κ2) is 4.69. The molecule has 1 aromatic rings. The van der Waals surface area contributed by atoms with E-state index in [0.717, 1.165) is 35.9 Å². The molecule has 0 saturated heterocycles. The molecule has 2 aliphatic carbocycles. The summed E-state index contributed by atoms with van der Waals surface area (Å²) in [6.45, 7) is 7.39. The molecule has 0 radical (unpaired) electrons. The van der Waals surface area contributed by atoms with Crippen LogP contribution in [-0.4, -0.2) is 17.7 Å². The molecule has 3 heteroatoms. The Hall–Kier alpha value is -0.830. The predicted molar refractivity (Wildman–Crippen MR) is 71.6 cm³/mol. The van der Waals surface area contributed by atoms with Gasteiger partial charge in [0.1, 0.15) is 5.76 Å². The maximum Gasteiger partial charge on any atom is 0.137 e. The van der Waals surface area contributed by atoms with E-state index in [1.165, 1.54) is 31.2 Å². The molecule has 0 bridgehead atoms. The number of hydrogen-bond donors (Lipinski definition) is 1. The van der Waals surface area contributed by atoms with Gasteiger partial charge in [-0.3, -0.25) is 0 Å². The number of nitrogens with one attached hydrogen (secondary N) is 1. The molecular formula is C15H24N2O. The highest BCUT2D eigenvalue weighted by atomic mass is 16.5. The van der Waals surface area contributed by atoms with E-state index < -0.39 is 0 Å². The Kier molecular flexibility index (Phi) is 3.18. The molecule has 1 heterocycles. The highest BCUT2D eigenvalue weighted by Gasteiger charge is 2.41. The van der Waals surface area contributed by atoms with E-state index in [1.807, 2.05) is 13.8 Å². The van der Waals surface area contributed by atoms with E-state index in [9.17, 15) is 0 Å². The largest absolute Gasteiger partial charge is 0.361 e. The van der Waals surface area contributed by atoms with E-state index in [-0.39, 0.29) is 0 Å². The van der Waals surface area contributed by atoms with Gasteiger partial charge in [-0.1, -0.05) is 12.1 Å². The van der Waals surface area contributed by atoms with Gasteiger partial charge in [0.05, 0.1) is 5.69 Å². The molecule has 0 aliphatic heterocycles. The van der Waals surface area contributed by atoms with Crippen LogP contribution in [0.5, 0.6) is 0 Å².